The predicted molar refractivity (Wildman–Crippen MR) is 53.1 cm³/mol. The first-order valence-corrected chi connectivity index (χ1v) is 4.37. The number of benzene rings is 1. The van der Waals surface area contributed by atoms with Gasteiger partial charge in [0.2, 0.25) is 0 Å². The molecule has 68 valence electrons. The highest BCUT2D eigenvalue weighted by molar-refractivity contribution is 14.1. The van der Waals surface area contributed by atoms with E-state index < -0.39 is 11.9 Å². The first-order valence-electron chi connectivity index (χ1n) is 3.29. The molecule has 2 N–H and O–H groups in total. The van der Waals surface area contributed by atoms with Crippen LogP contribution in [0.1, 0.15) is 20.7 Å². The Labute approximate surface area is 87.3 Å². The zero-order valence-corrected chi connectivity index (χ0v) is 8.48. The molecule has 0 saturated heterocycles. The highest BCUT2D eigenvalue weighted by Crippen LogP contribution is 2.16. The molecule has 4 nitrogen and oxygen atoms in total. The second-order valence-corrected chi connectivity index (χ2v) is 3.43. The normalized spacial score (nSPS) is 9.62. The fourth-order valence-corrected chi connectivity index (χ4v) is 1.65. The van der Waals surface area contributed by atoms with Crippen LogP contribution in [-0.2, 0) is 0 Å². The highest BCUT2D eigenvalue weighted by atomic mass is 127. The molecule has 1 rings (SSSR count). The predicted octanol–water partition coefficient (Wildman–Crippen LogP) is 1.69. The number of aromatic carboxylic acids is 2. The molecule has 13 heavy (non-hydrogen) atoms. The van der Waals surface area contributed by atoms with E-state index in [1.54, 1.807) is 28.7 Å². The number of hydrogen-bond acceptors (Lipinski definition) is 2. The number of carboxylic acid groups (broad SMARTS) is 2. The van der Waals surface area contributed by atoms with Crippen molar-refractivity contribution >= 4 is 34.5 Å². The van der Waals surface area contributed by atoms with E-state index in [9.17, 15) is 9.59 Å². The van der Waals surface area contributed by atoms with Crippen molar-refractivity contribution < 1.29 is 19.8 Å². The van der Waals surface area contributed by atoms with Gasteiger partial charge in [-0.2, -0.15) is 0 Å². The summed E-state index contributed by atoms with van der Waals surface area (Å²) in [7, 11) is 0. The van der Waals surface area contributed by atoms with Gasteiger partial charge in [0.25, 0.3) is 0 Å². The lowest BCUT2D eigenvalue weighted by Gasteiger charge is -2.02. The van der Waals surface area contributed by atoms with E-state index in [-0.39, 0.29) is 11.1 Å². The van der Waals surface area contributed by atoms with Gasteiger partial charge in [-0.25, -0.2) is 9.59 Å². The Morgan fingerprint density at radius 1 is 1.15 bits per heavy atom. The molecule has 1 aromatic carbocycles. The minimum absolute atomic E-state index is 0.157. The Hall–Kier alpha value is -1.11. The summed E-state index contributed by atoms with van der Waals surface area (Å²) >= 11 is 1.79. The first kappa shape index (κ1) is 9.97. The summed E-state index contributed by atoms with van der Waals surface area (Å²) in [6, 6.07) is 4.34. The molecular formula is C8H5IO4. The molecule has 0 saturated carbocycles. The number of halogens is 1. The molecule has 0 fully saturated rings. The minimum atomic E-state index is -1.23. The van der Waals surface area contributed by atoms with Crippen molar-refractivity contribution in [2.24, 2.45) is 0 Å². The van der Waals surface area contributed by atoms with E-state index in [4.69, 9.17) is 10.2 Å². The van der Waals surface area contributed by atoms with Crippen LogP contribution in [0.2, 0.25) is 0 Å². The standard InChI is InChI=1S/C8H5IO4/c9-5-3-1-2-4(7(10)11)6(5)8(12)13/h1-3H,(H,10,11)(H,12,13). The quantitative estimate of drug-likeness (QED) is 0.813. The Kier molecular flexibility index (Phi) is 2.86. The minimum Gasteiger partial charge on any atom is -0.478 e. The third-order valence-electron chi connectivity index (χ3n) is 1.46. The van der Waals surface area contributed by atoms with Crippen molar-refractivity contribution in [3.63, 3.8) is 0 Å². The Balaban J connectivity index is 3.43. The van der Waals surface area contributed by atoms with Crippen LogP contribution in [0.3, 0.4) is 0 Å². The van der Waals surface area contributed by atoms with Crippen LogP contribution >= 0.6 is 22.6 Å². The lowest BCUT2D eigenvalue weighted by atomic mass is 10.1. The number of carboxylic acids is 2. The summed E-state index contributed by atoms with van der Waals surface area (Å²) in [6.45, 7) is 0. The third-order valence-corrected chi connectivity index (χ3v) is 2.36. The van der Waals surface area contributed by atoms with Gasteiger partial charge in [-0.1, -0.05) is 6.07 Å². The molecule has 0 bridgehead atoms. The molecule has 0 aliphatic carbocycles. The smallest absolute Gasteiger partial charge is 0.337 e. The number of rotatable bonds is 2. The van der Waals surface area contributed by atoms with Crippen molar-refractivity contribution in [1.82, 2.24) is 0 Å². The maximum absolute atomic E-state index is 10.7. The number of hydrogen-bond donors (Lipinski definition) is 2. The molecule has 0 atom stereocenters. The van der Waals surface area contributed by atoms with E-state index in [0.717, 1.165) is 0 Å². The molecule has 0 aromatic heterocycles. The average Bonchev–Trinajstić information content (AvgIpc) is 2.02. The van der Waals surface area contributed by atoms with Gasteiger partial charge in [0.05, 0.1) is 11.1 Å². The maximum atomic E-state index is 10.7. The zero-order valence-electron chi connectivity index (χ0n) is 6.32. The second kappa shape index (κ2) is 3.73. The van der Waals surface area contributed by atoms with Crippen LogP contribution in [0.25, 0.3) is 0 Å². The van der Waals surface area contributed by atoms with E-state index in [1.165, 1.54) is 12.1 Å². The SMILES string of the molecule is O=C(O)c1cccc(I)c1C(=O)O. The molecule has 0 unspecified atom stereocenters. The summed E-state index contributed by atoms with van der Waals surface area (Å²) in [5.41, 5.74) is -0.338. The lowest BCUT2D eigenvalue weighted by Crippen LogP contribution is -2.09. The summed E-state index contributed by atoms with van der Waals surface area (Å²) in [4.78, 5) is 21.3. The molecule has 0 radical (unpaired) electrons. The van der Waals surface area contributed by atoms with Crippen molar-refractivity contribution in [1.29, 1.82) is 0 Å². The zero-order chi connectivity index (χ0) is 10.0. The summed E-state index contributed by atoms with van der Waals surface area (Å²) in [5, 5.41) is 17.4. The Morgan fingerprint density at radius 3 is 2.15 bits per heavy atom. The molecule has 1 aromatic rings. The van der Waals surface area contributed by atoms with Crippen LogP contribution in [0.4, 0.5) is 0 Å². The first-order chi connectivity index (χ1) is 6.04. The van der Waals surface area contributed by atoms with Crippen molar-refractivity contribution in [3.05, 3.63) is 32.9 Å². The molecule has 0 aliphatic rings. The fourth-order valence-electron chi connectivity index (χ4n) is 0.920. The molecule has 0 amide bonds. The van der Waals surface area contributed by atoms with Gasteiger partial charge < -0.3 is 10.2 Å². The van der Waals surface area contributed by atoms with Crippen molar-refractivity contribution in [2.45, 2.75) is 0 Å². The van der Waals surface area contributed by atoms with Gasteiger partial charge in [-0.3, -0.25) is 0 Å². The van der Waals surface area contributed by atoms with Crippen LogP contribution in [0, 0.1) is 3.57 Å². The van der Waals surface area contributed by atoms with Gasteiger partial charge in [0.15, 0.2) is 0 Å². The van der Waals surface area contributed by atoms with E-state index in [2.05, 4.69) is 0 Å². The van der Waals surface area contributed by atoms with Crippen LogP contribution in [0.5, 0.6) is 0 Å². The molecule has 0 heterocycles. The van der Waals surface area contributed by atoms with Gasteiger partial charge >= 0.3 is 11.9 Å². The third kappa shape index (κ3) is 1.97. The van der Waals surface area contributed by atoms with E-state index >= 15 is 0 Å². The largest absolute Gasteiger partial charge is 0.478 e. The molecule has 0 aliphatic heterocycles. The fraction of sp³-hybridized carbons (Fsp3) is 0. The van der Waals surface area contributed by atoms with E-state index in [0.29, 0.717) is 3.57 Å². The number of carbonyl (C=O) groups is 2. The monoisotopic (exact) mass is 292 g/mol. The van der Waals surface area contributed by atoms with Gasteiger partial charge in [-0.05, 0) is 34.7 Å². The summed E-state index contributed by atoms with van der Waals surface area (Å²) in [5.74, 6) is -2.45. The highest BCUT2D eigenvalue weighted by Gasteiger charge is 2.17. The van der Waals surface area contributed by atoms with Crippen LogP contribution in [-0.4, -0.2) is 22.2 Å². The van der Waals surface area contributed by atoms with Crippen molar-refractivity contribution in [2.75, 3.05) is 0 Å². The maximum Gasteiger partial charge on any atom is 0.337 e. The van der Waals surface area contributed by atoms with E-state index in [1.807, 2.05) is 0 Å². The van der Waals surface area contributed by atoms with Gasteiger partial charge in [0, 0.05) is 3.57 Å². The molecule has 5 heteroatoms. The molecule has 0 spiro atoms. The Bertz CT molecular complexity index is 372. The summed E-state index contributed by atoms with van der Waals surface area (Å²) < 4.78 is 0.421. The van der Waals surface area contributed by atoms with Gasteiger partial charge in [0.1, 0.15) is 0 Å². The van der Waals surface area contributed by atoms with Gasteiger partial charge in [-0.15, -0.1) is 0 Å². The Morgan fingerprint density at radius 2 is 1.77 bits per heavy atom. The lowest BCUT2D eigenvalue weighted by molar-refractivity contribution is 0.0650. The van der Waals surface area contributed by atoms with Crippen LogP contribution in [0.15, 0.2) is 18.2 Å². The van der Waals surface area contributed by atoms with Crippen LogP contribution < -0.4 is 0 Å². The molecular weight excluding hydrogens is 287 g/mol. The van der Waals surface area contributed by atoms with Crippen molar-refractivity contribution in [3.8, 4) is 0 Å². The topological polar surface area (TPSA) is 74.6 Å². The summed E-state index contributed by atoms with van der Waals surface area (Å²) in [6.07, 6.45) is 0. The average molecular weight is 292 g/mol. The second-order valence-electron chi connectivity index (χ2n) is 2.27.